The smallest absolute Gasteiger partial charge is 0.279 e. The first-order chi connectivity index (χ1) is 12.4. The molecule has 2 rings (SSSR count). The van der Waals surface area contributed by atoms with Gasteiger partial charge in [0.25, 0.3) is 5.91 Å². The van der Waals surface area contributed by atoms with E-state index in [2.05, 4.69) is 10.9 Å². The predicted molar refractivity (Wildman–Crippen MR) is 94.1 cm³/mol. The number of halogens is 1. The van der Waals surface area contributed by atoms with Crippen LogP contribution in [0.25, 0.3) is 0 Å². The van der Waals surface area contributed by atoms with Crippen molar-refractivity contribution in [3.8, 4) is 11.5 Å². The summed E-state index contributed by atoms with van der Waals surface area (Å²) in [5, 5.41) is 0. The van der Waals surface area contributed by atoms with Crippen molar-refractivity contribution in [3.63, 3.8) is 0 Å². The van der Waals surface area contributed by atoms with Crippen molar-refractivity contribution in [2.75, 3.05) is 6.61 Å². The minimum atomic E-state index is -0.857. The fourth-order valence-electron chi connectivity index (χ4n) is 2.03. The lowest BCUT2D eigenvalue weighted by molar-refractivity contribution is -0.132. The highest BCUT2D eigenvalue weighted by Crippen LogP contribution is 2.13. The van der Waals surface area contributed by atoms with Crippen LogP contribution in [0, 0.1) is 12.7 Å². The summed E-state index contributed by atoms with van der Waals surface area (Å²) in [6.45, 7) is 3.66. The van der Waals surface area contributed by atoms with Crippen LogP contribution in [0.4, 0.5) is 4.39 Å². The second-order valence-corrected chi connectivity index (χ2v) is 5.67. The minimum absolute atomic E-state index is 0.0847. The molecule has 0 aliphatic rings. The zero-order valence-electron chi connectivity index (χ0n) is 14.6. The lowest BCUT2D eigenvalue weighted by Gasteiger charge is -2.15. The summed E-state index contributed by atoms with van der Waals surface area (Å²) in [4.78, 5) is 23.6. The molecule has 0 heterocycles. The lowest BCUT2D eigenvalue weighted by Crippen LogP contribution is -2.47. The highest BCUT2D eigenvalue weighted by Gasteiger charge is 2.15. The van der Waals surface area contributed by atoms with Gasteiger partial charge in [0.2, 0.25) is 5.91 Å². The molecule has 0 aliphatic heterocycles. The van der Waals surface area contributed by atoms with Crippen molar-refractivity contribution < 1.29 is 23.5 Å². The van der Waals surface area contributed by atoms with Gasteiger partial charge < -0.3 is 9.47 Å². The molecule has 138 valence electrons. The average Bonchev–Trinajstić information content (AvgIpc) is 2.61. The first-order valence-corrected chi connectivity index (χ1v) is 8.14. The van der Waals surface area contributed by atoms with Crippen molar-refractivity contribution in [1.29, 1.82) is 0 Å². The Labute approximate surface area is 151 Å². The molecule has 1 atom stereocenters. The molecular formula is C19H21FN2O4. The number of rotatable bonds is 7. The van der Waals surface area contributed by atoms with E-state index >= 15 is 0 Å². The molecule has 7 heteroatoms. The van der Waals surface area contributed by atoms with Crippen molar-refractivity contribution in [2.45, 2.75) is 26.4 Å². The standard InChI is InChI=1S/C19H21FN2O4/c1-13-4-3-5-17(12-13)25-11-10-18(23)21-22-19(24)14(2)26-16-8-6-15(20)7-9-16/h3-9,12,14H,10-11H2,1-2H3,(H,21,23)(H,22,24)/t14-/m1/s1. The SMILES string of the molecule is Cc1cccc(OCCC(=O)NNC(=O)[C@@H](C)Oc2ccc(F)cc2)c1. The molecule has 2 N–H and O–H groups in total. The number of amides is 2. The van der Waals surface area contributed by atoms with Gasteiger partial charge in [-0.3, -0.25) is 20.4 Å². The zero-order valence-corrected chi connectivity index (χ0v) is 14.6. The Morgan fingerprint density at radius 3 is 2.50 bits per heavy atom. The van der Waals surface area contributed by atoms with Crippen molar-refractivity contribution in [1.82, 2.24) is 10.9 Å². The summed E-state index contributed by atoms with van der Waals surface area (Å²) >= 11 is 0. The summed E-state index contributed by atoms with van der Waals surface area (Å²) in [6.07, 6.45) is -0.772. The first-order valence-electron chi connectivity index (χ1n) is 8.14. The molecule has 0 unspecified atom stereocenters. The molecule has 2 aromatic rings. The van der Waals surface area contributed by atoms with Crippen LogP contribution in [0.15, 0.2) is 48.5 Å². The molecule has 0 spiro atoms. The fourth-order valence-corrected chi connectivity index (χ4v) is 2.03. The Kier molecular flexibility index (Phi) is 6.96. The summed E-state index contributed by atoms with van der Waals surface area (Å²) < 4.78 is 23.7. The number of hydrogen-bond acceptors (Lipinski definition) is 4. The third kappa shape index (κ3) is 6.43. The first kappa shape index (κ1) is 19.2. The van der Waals surface area contributed by atoms with Crippen LogP contribution in [0.2, 0.25) is 0 Å². The van der Waals surface area contributed by atoms with Gasteiger partial charge >= 0.3 is 0 Å². The number of hydrazine groups is 1. The van der Waals surface area contributed by atoms with Gasteiger partial charge in [-0.25, -0.2) is 4.39 Å². The van der Waals surface area contributed by atoms with E-state index in [-0.39, 0.29) is 18.9 Å². The van der Waals surface area contributed by atoms with E-state index < -0.39 is 17.8 Å². The monoisotopic (exact) mass is 360 g/mol. The van der Waals surface area contributed by atoms with Crippen LogP contribution in [0.3, 0.4) is 0 Å². The summed E-state index contributed by atoms with van der Waals surface area (Å²) in [5.41, 5.74) is 5.64. The van der Waals surface area contributed by atoms with Gasteiger partial charge in [0.1, 0.15) is 17.3 Å². The van der Waals surface area contributed by atoms with Crippen molar-refractivity contribution in [3.05, 3.63) is 59.9 Å². The number of carbonyl (C=O) groups is 2. The molecule has 2 amide bonds. The second kappa shape index (κ2) is 9.41. The lowest BCUT2D eigenvalue weighted by atomic mass is 10.2. The summed E-state index contributed by atoms with van der Waals surface area (Å²) in [7, 11) is 0. The van der Waals surface area contributed by atoms with Crippen LogP contribution in [-0.4, -0.2) is 24.5 Å². The van der Waals surface area contributed by atoms with Gasteiger partial charge in [0.05, 0.1) is 13.0 Å². The molecule has 0 saturated heterocycles. The molecule has 0 fully saturated rings. The molecule has 0 saturated carbocycles. The highest BCUT2D eigenvalue weighted by atomic mass is 19.1. The van der Waals surface area contributed by atoms with Crippen LogP contribution >= 0.6 is 0 Å². The maximum Gasteiger partial charge on any atom is 0.279 e. The van der Waals surface area contributed by atoms with E-state index in [1.807, 2.05) is 25.1 Å². The van der Waals surface area contributed by atoms with Gasteiger partial charge in [-0.15, -0.1) is 0 Å². The quantitative estimate of drug-likeness (QED) is 0.744. The Bertz CT molecular complexity index is 749. The topological polar surface area (TPSA) is 76.7 Å². The van der Waals surface area contributed by atoms with Gasteiger partial charge in [-0.2, -0.15) is 0 Å². The van der Waals surface area contributed by atoms with Crippen molar-refractivity contribution >= 4 is 11.8 Å². The minimum Gasteiger partial charge on any atom is -0.493 e. The normalized spacial score (nSPS) is 11.3. The Morgan fingerprint density at radius 1 is 1.08 bits per heavy atom. The van der Waals surface area contributed by atoms with Crippen molar-refractivity contribution in [2.24, 2.45) is 0 Å². The average molecular weight is 360 g/mol. The van der Waals surface area contributed by atoms with E-state index in [9.17, 15) is 14.0 Å². The highest BCUT2D eigenvalue weighted by molar-refractivity contribution is 5.84. The Hall–Kier alpha value is -3.09. The predicted octanol–water partition coefficient (Wildman–Crippen LogP) is 2.52. The van der Waals surface area contributed by atoms with Crippen LogP contribution in [0.1, 0.15) is 18.9 Å². The fraction of sp³-hybridized carbons (Fsp3) is 0.263. The number of benzene rings is 2. The Morgan fingerprint density at radius 2 is 1.81 bits per heavy atom. The molecular weight excluding hydrogens is 339 g/mol. The molecule has 0 aromatic heterocycles. The number of aryl methyl sites for hydroxylation is 1. The third-order valence-electron chi connectivity index (χ3n) is 3.41. The molecule has 0 aliphatic carbocycles. The van der Waals surface area contributed by atoms with E-state index in [4.69, 9.17) is 9.47 Å². The van der Waals surface area contributed by atoms with E-state index in [0.717, 1.165) is 5.56 Å². The van der Waals surface area contributed by atoms with Gasteiger partial charge in [0.15, 0.2) is 6.10 Å². The zero-order chi connectivity index (χ0) is 18.9. The van der Waals surface area contributed by atoms with Crippen LogP contribution < -0.4 is 20.3 Å². The molecule has 0 radical (unpaired) electrons. The van der Waals surface area contributed by atoms with Crippen LogP contribution in [0.5, 0.6) is 11.5 Å². The maximum atomic E-state index is 12.8. The number of ether oxygens (including phenoxy) is 2. The molecule has 26 heavy (non-hydrogen) atoms. The van der Waals surface area contributed by atoms with E-state index in [0.29, 0.717) is 11.5 Å². The van der Waals surface area contributed by atoms with Gasteiger partial charge in [0, 0.05) is 0 Å². The summed E-state index contributed by atoms with van der Waals surface area (Å²) in [5.74, 6) is -0.271. The number of nitrogens with one attached hydrogen (secondary N) is 2. The molecule has 0 bridgehead atoms. The van der Waals surface area contributed by atoms with Gasteiger partial charge in [-0.05, 0) is 55.8 Å². The van der Waals surface area contributed by atoms with Gasteiger partial charge in [-0.1, -0.05) is 12.1 Å². The Balaban J connectivity index is 1.67. The van der Waals surface area contributed by atoms with E-state index in [1.165, 1.54) is 31.2 Å². The van der Waals surface area contributed by atoms with E-state index in [1.54, 1.807) is 6.07 Å². The summed E-state index contributed by atoms with van der Waals surface area (Å²) in [6, 6.07) is 12.8. The van der Waals surface area contributed by atoms with Crippen LogP contribution in [-0.2, 0) is 9.59 Å². The number of carbonyl (C=O) groups excluding carboxylic acids is 2. The second-order valence-electron chi connectivity index (χ2n) is 5.67. The number of hydrogen-bond donors (Lipinski definition) is 2. The molecule has 2 aromatic carbocycles. The molecule has 6 nitrogen and oxygen atoms in total. The largest absolute Gasteiger partial charge is 0.493 e. The third-order valence-corrected chi connectivity index (χ3v) is 3.41. The maximum absolute atomic E-state index is 12.8.